The lowest BCUT2D eigenvalue weighted by molar-refractivity contribution is -0.111. The van der Waals surface area contributed by atoms with Gasteiger partial charge in [0.25, 0.3) is 5.56 Å². The summed E-state index contributed by atoms with van der Waals surface area (Å²) >= 11 is 5.35. The molecule has 100 valence electrons. The van der Waals surface area contributed by atoms with E-state index in [1.54, 1.807) is 4.57 Å². The molecule has 4 heteroatoms. The van der Waals surface area contributed by atoms with E-state index in [4.69, 9.17) is 11.6 Å². The van der Waals surface area contributed by atoms with E-state index in [2.05, 4.69) is 6.92 Å². The first kappa shape index (κ1) is 15.0. The number of carbonyl (C=O) groups excluding carboxylic acids is 1. The molecule has 0 fully saturated rings. The molecule has 1 rings (SSSR count). The summed E-state index contributed by atoms with van der Waals surface area (Å²) in [6.07, 6.45) is 1.53. The molecule has 1 atom stereocenters. The highest BCUT2D eigenvalue weighted by Crippen LogP contribution is 2.15. The zero-order valence-electron chi connectivity index (χ0n) is 11.4. The summed E-state index contributed by atoms with van der Waals surface area (Å²) < 4.78 is 1.81. The van der Waals surface area contributed by atoms with Gasteiger partial charge in [-0.05, 0) is 56.8 Å². The molecule has 3 nitrogen and oxygen atoms in total. The summed E-state index contributed by atoms with van der Waals surface area (Å²) in [6.45, 7) is 7.93. The van der Waals surface area contributed by atoms with Gasteiger partial charge >= 0.3 is 0 Å². The number of aryl methyl sites for hydroxylation is 2. The Kier molecular flexibility index (Phi) is 5.15. The van der Waals surface area contributed by atoms with Crippen LogP contribution in [0, 0.1) is 13.8 Å². The van der Waals surface area contributed by atoms with Gasteiger partial charge in [0, 0.05) is 23.7 Å². The second-order valence-electron chi connectivity index (χ2n) is 4.73. The van der Waals surface area contributed by atoms with E-state index in [0.29, 0.717) is 12.0 Å². The predicted molar refractivity (Wildman–Crippen MR) is 74.4 cm³/mol. The van der Waals surface area contributed by atoms with Gasteiger partial charge in [-0.2, -0.15) is 0 Å². The van der Waals surface area contributed by atoms with Crippen molar-refractivity contribution in [2.75, 3.05) is 0 Å². The number of hydrogen-bond donors (Lipinski definition) is 0. The quantitative estimate of drug-likeness (QED) is 0.771. The van der Waals surface area contributed by atoms with Crippen molar-refractivity contribution < 1.29 is 4.79 Å². The monoisotopic (exact) mass is 269 g/mol. The molecule has 0 N–H and O–H groups in total. The molecule has 0 aliphatic rings. The Morgan fingerprint density at radius 3 is 2.56 bits per heavy atom. The first-order valence-corrected chi connectivity index (χ1v) is 6.66. The van der Waals surface area contributed by atoms with Crippen molar-refractivity contribution >= 4 is 16.8 Å². The lowest BCUT2D eigenvalue weighted by Gasteiger charge is -2.19. The third-order valence-electron chi connectivity index (χ3n) is 3.36. The normalized spacial score (nSPS) is 12.5. The van der Waals surface area contributed by atoms with Crippen LogP contribution in [0.3, 0.4) is 0 Å². The average molecular weight is 270 g/mol. The van der Waals surface area contributed by atoms with Crippen molar-refractivity contribution in [2.45, 2.75) is 53.0 Å². The number of aromatic nitrogens is 1. The molecule has 0 spiro atoms. The molecule has 0 aliphatic heterocycles. The van der Waals surface area contributed by atoms with Crippen LogP contribution in [0.4, 0.5) is 0 Å². The van der Waals surface area contributed by atoms with Crippen LogP contribution in [-0.4, -0.2) is 9.81 Å². The maximum atomic E-state index is 12.4. The van der Waals surface area contributed by atoms with Crippen LogP contribution in [0.25, 0.3) is 0 Å². The van der Waals surface area contributed by atoms with Crippen molar-refractivity contribution in [1.82, 2.24) is 4.57 Å². The summed E-state index contributed by atoms with van der Waals surface area (Å²) in [4.78, 5) is 23.3. The van der Waals surface area contributed by atoms with Gasteiger partial charge in [-0.25, -0.2) is 0 Å². The minimum atomic E-state index is -0.399. The number of pyridine rings is 1. The van der Waals surface area contributed by atoms with Crippen LogP contribution >= 0.6 is 11.6 Å². The molecule has 0 saturated carbocycles. The fourth-order valence-corrected chi connectivity index (χ4v) is 2.30. The minimum Gasteiger partial charge on any atom is -0.310 e. The fraction of sp³-hybridized carbons (Fsp3) is 0.571. The zero-order valence-corrected chi connectivity index (χ0v) is 12.2. The van der Waals surface area contributed by atoms with Crippen LogP contribution in [0.15, 0.2) is 10.9 Å². The zero-order chi connectivity index (χ0) is 13.9. The van der Waals surface area contributed by atoms with E-state index in [1.807, 2.05) is 26.8 Å². The molecule has 0 aromatic carbocycles. The van der Waals surface area contributed by atoms with E-state index in [1.165, 1.54) is 0 Å². The molecule has 1 unspecified atom stereocenters. The molecular weight excluding hydrogens is 250 g/mol. The SMILES string of the molecule is CCC(C)n1c(C)cc(C)c(CCC(=O)Cl)c1=O. The van der Waals surface area contributed by atoms with Gasteiger partial charge in [0.15, 0.2) is 0 Å². The highest BCUT2D eigenvalue weighted by atomic mass is 35.5. The van der Waals surface area contributed by atoms with Crippen molar-refractivity contribution in [2.24, 2.45) is 0 Å². The van der Waals surface area contributed by atoms with E-state index in [-0.39, 0.29) is 18.0 Å². The number of carbonyl (C=O) groups is 1. The molecule has 0 aliphatic carbocycles. The Bertz CT molecular complexity index is 505. The fourth-order valence-electron chi connectivity index (χ4n) is 2.20. The standard InChI is InChI=1S/C14H20ClNO2/c1-5-10(3)16-11(4)8-9(2)12(14(16)18)6-7-13(15)17/h8,10H,5-7H2,1-4H3. The third kappa shape index (κ3) is 3.22. The smallest absolute Gasteiger partial charge is 0.254 e. The average Bonchev–Trinajstić information content (AvgIpc) is 2.27. The molecule has 0 bridgehead atoms. The van der Waals surface area contributed by atoms with Gasteiger partial charge in [0.1, 0.15) is 0 Å². The lowest BCUT2D eigenvalue weighted by Crippen LogP contribution is -2.29. The number of hydrogen-bond acceptors (Lipinski definition) is 2. The Morgan fingerprint density at radius 2 is 2.06 bits per heavy atom. The van der Waals surface area contributed by atoms with E-state index < -0.39 is 5.24 Å². The summed E-state index contributed by atoms with van der Waals surface area (Å²) in [5.74, 6) is 0. The van der Waals surface area contributed by atoms with Gasteiger partial charge in [-0.3, -0.25) is 9.59 Å². The first-order valence-electron chi connectivity index (χ1n) is 6.28. The minimum absolute atomic E-state index is 0.0137. The third-order valence-corrected chi connectivity index (χ3v) is 3.55. The van der Waals surface area contributed by atoms with Crippen molar-refractivity contribution in [3.63, 3.8) is 0 Å². The van der Waals surface area contributed by atoms with Crippen LogP contribution in [-0.2, 0) is 11.2 Å². The molecule has 18 heavy (non-hydrogen) atoms. The molecular formula is C14H20ClNO2. The summed E-state index contributed by atoms with van der Waals surface area (Å²) in [5.41, 5.74) is 2.62. The lowest BCUT2D eigenvalue weighted by atomic mass is 10.0. The van der Waals surface area contributed by atoms with E-state index >= 15 is 0 Å². The predicted octanol–water partition coefficient (Wildman–Crippen LogP) is 3.13. The largest absolute Gasteiger partial charge is 0.310 e. The van der Waals surface area contributed by atoms with Gasteiger partial charge in [0.05, 0.1) is 0 Å². The summed E-state index contributed by atoms with van der Waals surface area (Å²) in [6, 6.07) is 2.17. The van der Waals surface area contributed by atoms with Crippen LogP contribution in [0.5, 0.6) is 0 Å². The van der Waals surface area contributed by atoms with Gasteiger partial charge in [0.2, 0.25) is 5.24 Å². The first-order chi connectivity index (χ1) is 8.38. The summed E-state index contributed by atoms with van der Waals surface area (Å²) in [5, 5.41) is -0.399. The van der Waals surface area contributed by atoms with Gasteiger partial charge in [-0.1, -0.05) is 6.92 Å². The molecule has 1 aromatic heterocycles. The van der Waals surface area contributed by atoms with Crippen molar-refractivity contribution in [3.8, 4) is 0 Å². The Labute approximate surface area is 113 Å². The Morgan fingerprint density at radius 1 is 1.44 bits per heavy atom. The van der Waals surface area contributed by atoms with Gasteiger partial charge in [-0.15, -0.1) is 0 Å². The second-order valence-corrected chi connectivity index (χ2v) is 5.16. The Hall–Kier alpha value is -1.09. The van der Waals surface area contributed by atoms with Crippen molar-refractivity contribution in [1.29, 1.82) is 0 Å². The van der Waals surface area contributed by atoms with E-state index in [9.17, 15) is 9.59 Å². The maximum absolute atomic E-state index is 12.4. The molecule has 1 heterocycles. The number of rotatable bonds is 5. The van der Waals surface area contributed by atoms with Crippen LogP contribution < -0.4 is 5.56 Å². The van der Waals surface area contributed by atoms with Crippen molar-refractivity contribution in [3.05, 3.63) is 33.2 Å². The molecule has 1 aromatic rings. The number of halogens is 1. The highest BCUT2D eigenvalue weighted by molar-refractivity contribution is 6.63. The number of nitrogens with zero attached hydrogens (tertiary/aromatic N) is 1. The van der Waals surface area contributed by atoms with Crippen LogP contribution in [0.1, 0.15) is 49.6 Å². The summed E-state index contributed by atoms with van der Waals surface area (Å²) in [7, 11) is 0. The van der Waals surface area contributed by atoms with Crippen LogP contribution in [0.2, 0.25) is 0 Å². The molecule has 0 saturated heterocycles. The van der Waals surface area contributed by atoms with Gasteiger partial charge < -0.3 is 4.57 Å². The maximum Gasteiger partial charge on any atom is 0.254 e. The topological polar surface area (TPSA) is 39.1 Å². The van der Waals surface area contributed by atoms with E-state index in [0.717, 1.165) is 17.7 Å². The second kappa shape index (κ2) is 6.19. The molecule has 0 amide bonds. The molecule has 0 radical (unpaired) electrons. The highest BCUT2D eigenvalue weighted by Gasteiger charge is 2.14. The Balaban J connectivity index is 3.26.